The molecule has 0 saturated carbocycles. The Morgan fingerprint density at radius 3 is 2.54 bits per heavy atom. The molecule has 1 heterocycles. The number of aromatic nitrogens is 1. The first-order valence-electron chi connectivity index (χ1n) is 7.66. The van der Waals surface area contributed by atoms with Crippen molar-refractivity contribution >= 4 is 20.9 Å². The van der Waals surface area contributed by atoms with Crippen LogP contribution in [0, 0.1) is 0 Å². The minimum atomic E-state index is -3.50. The summed E-state index contributed by atoms with van der Waals surface area (Å²) in [5, 5.41) is 0.922. The Morgan fingerprint density at radius 1 is 1.00 bits per heavy atom. The first-order chi connectivity index (χ1) is 11.6. The molecule has 2 aromatic carbocycles. The third-order valence-electron chi connectivity index (χ3n) is 3.81. The van der Waals surface area contributed by atoms with Gasteiger partial charge >= 0.3 is 0 Å². The molecule has 1 atom stereocenters. The predicted octanol–water partition coefficient (Wildman–Crippen LogP) is 2.35. The van der Waals surface area contributed by atoms with Crippen molar-refractivity contribution in [2.45, 2.75) is 11.8 Å². The predicted molar refractivity (Wildman–Crippen MR) is 95.7 cm³/mol. The van der Waals surface area contributed by atoms with E-state index in [0.29, 0.717) is 11.1 Å². The largest absolute Gasteiger partial charge is 0.323 e. The lowest BCUT2D eigenvalue weighted by atomic mass is 10.1. The highest BCUT2D eigenvalue weighted by molar-refractivity contribution is 7.88. The van der Waals surface area contributed by atoms with Gasteiger partial charge in [-0.3, -0.25) is 4.98 Å². The lowest BCUT2D eigenvalue weighted by Crippen LogP contribution is -2.32. The van der Waals surface area contributed by atoms with E-state index in [-0.39, 0.29) is 18.3 Å². The van der Waals surface area contributed by atoms with E-state index in [1.54, 1.807) is 12.3 Å². The second kappa shape index (κ2) is 7.09. The summed E-state index contributed by atoms with van der Waals surface area (Å²) in [6, 6.07) is 18.3. The monoisotopic (exact) mass is 341 g/mol. The highest BCUT2D eigenvalue weighted by atomic mass is 32.2. The van der Waals surface area contributed by atoms with Crippen molar-refractivity contribution in [1.82, 2.24) is 9.71 Å². The van der Waals surface area contributed by atoms with Gasteiger partial charge in [0.1, 0.15) is 0 Å². The smallest absolute Gasteiger partial charge is 0.215 e. The second-order valence-corrected chi connectivity index (χ2v) is 7.42. The molecule has 0 amide bonds. The van der Waals surface area contributed by atoms with Crippen molar-refractivity contribution in [2.24, 2.45) is 5.73 Å². The molecule has 0 aliphatic heterocycles. The van der Waals surface area contributed by atoms with Gasteiger partial charge in [-0.1, -0.05) is 54.6 Å². The molecule has 0 aliphatic carbocycles. The molecule has 1 aromatic heterocycles. The molecular weight excluding hydrogens is 322 g/mol. The van der Waals surface area contributed by atoms with Crippen LogP contribution in [0.2, 0.25) is 0 Å². The van der Waals surface area contributed by atoms with Crippen LogP contribution in [0.3, 0.4) is 0 Å². The van der Waals surface area contributed by atoms with Crippen LogP contribution >= 0.6 is 0 Å². The van der Waals surface area contributed by atoms with Crippen molar-refractivity contribution in [3.05, 3.63) is 78.0 Å². The number of nitrogens with one attached hydrogen (secondary N) is 1. The SMILES string of the molecule is N[C@H](CNS(=O)(=O)Cc1cccc2cccnc12)c1ccccc1. The topological polar surface area (TPSA) is 85.1 Å². The quantitative estimate of drug-likeness (QED) is 0.721. The molecule has 3 rings (SSSR count). The van der Waals surface area contributed by atoms with Gasteiger partial charge in [0.05, 0.1) is 11.3 Å². The Labute approximate surface area is 141 Å². The molecule has 5 nitrogen and oxygen atoms in total. The Balaban J connectivity index is 1.72. The number of benzene rings is 2. The second-order valence-electron chi connectivity index (χ2n) is 5.62. The number of nitrogens with zero attached hydrogens (tertiary/aromatic N) is 1. The maximum Gasteiger partial charge on any atom is 0.215 e. The zero-order valence-electron chi connectivity index (χ0n) is 13.1. The summed E-state index contributed by atoms with van der Waals surface area (Å²) in [5.74, 6) is -0.122. The summed E-state index contributed by atoms with van der Waals surface area (Å²) in [4.78, 5) is 4.29. The van der Waals surface area contributed by atoms with Gasteiger partial charge in [0.2, 0.25) is 10.0 Å². The van der Waals surface area contributed by atoms with Gasteiger partial charge in [0.15, 0.2) is 0 Å². The summed E-state index contributed by atoms with van der Waals surface area (Å²) in [6.45, 7) is 0.157. The first kappa shape index (κ1) is 16.6. The number of para-hydroxylation sites is 1. The fraction of sp³-hybridized carbons (Fsp3) is 0.167. The first-order valence-corrected chi connectivity index (χ1v) is 9.31. The average molecular weight is 341 g/mol. The summed E-state index contributed by atoms with van der Waals surface area (Å²) in [5.41, 5.74) is 8.32. The lowest BCUT2D eigenvalue weighted by Gasteiger charge is -2.14. The highest BCUT2D eigenvalue weighted by Gasteiger charge is 2.16. The number of hydrogen-bond acceptors (Lipinski definition) is 4. The van der Waals surface area contributed by atoms with Gasteiger partial charge < -0.3 is 5.73 Å². The van der Waals surface area contributed by atoms with E-state index in [2.05, 4.69) is 9.71 Å². The van der Waals surface area contributed by atoms with Gasteiger partial charge in [-0.25, -0.2) is 13.1 Å². The van der Waals surface area contributed by atoms with E-state index in [9.17, 15) is 8.42 Å². The van der Waals surface area contributed by atoms with Crippen LogP contribution in [0.5, 0.6) is 0 Å². The van der Waals surface area contributed by atoms with Crippen LogP contribution in [-0.4, -0.2) is 19.9 Å². The van der Waals surface area contributed by atoms with Crippen LogP contribution in [-0.2, 0) is 15.8 Å². The van der Waals surface area contributed by atoms with E-state index in [4.69, 9.17) is 5.73 Å². The number of hydrogen-bond donors (Lipinski definition) is 2. The Bertz CT molecular complexity index is 922. The summed E-state index contributed by atoms with van der Waals surface area (Å²) in [6.07, 6.45) is 1.66. The molecular formula is C18H19N3O2S. The fourth-order valence-electron chi connectivity index (χ4n) is 2.57. The molecule has 124 valence electrons. The van der Waals surface area contributed by atoms with Gasteiger partial charge in [-0.05, 0) is 17.2 Å². The molecule has 0 fully saturated rings. The van der Waals surface area contributed by atoms with Gasteiger partial charge in [-0.2, -0.15) is 0 Å². The van der Waals surface area contributed by atoms with Gasteiger partial charge in [0, 0.05) is 24.2 Å². The number of nitrogens with two attached hydrogens (primary N) is 1. The molecule has 24 heavy (non-hydrogen) atoms. The average Bonchev–Trinajstić information content (AvgIpc) is 2.61. The molecule has 6 heteroatoms. The number of sulfonamides is 1. The molecule has 0 spiro atoms. The molecule has 0 aliphatic rings. The maximum absolute atomic E-state index is 12.4. The van der Waals surface area contributed by atoms with E-state index in [1.807, 2.05) is 54.6 Å². The van der Waals surface area contributed by atoms with Crippen molar-refractivity contribution in [1.29, 1.82) is 0 Å². The van der Waals surface area contributed by atoms with Crippen LogP contribution in [0.4, 0.5) is 0 Å². The molecule has 0 saturated heterocycles. The molecule has 3 N–H and O–H groups in total. The van der Waals surface area contributed by atoms with E-state index < -0.39 is 10.0 Å². The molecule has 0 bridgehead atoms. The van der Waals surface area contributed by atoms with Crippen LogP contribution in [0.25, 0.3) is 10.9 Å². The minimum Gasteiger partial charge on any atom is -0.323 e. The molecule has 3 aromatic rings. The van der Waals surface area contributed by atoms with E-state index >= 15 is 0 Å². The summed E-state index contributed by atoms with van der Waals surface area (Å²) >= 11 is 0. The number of rotatable bonds is 6. The van der Waals surface area contributed by atoms with Crippen LogP contribution in [0.15, 0.2) is 66.9 Å². The van der Waals surface area contributed by atoms with Crippen molar-refractivity contribution < 1.29 is 8.42 Å². The normalized spacial score (nSPS) is 13.0. The number of fused-ring (bicyclic) bond motifs is 1. The van der Waals surface area contributed by atoms with Crippen LogP contribution in [0.1, 0.15) is 17.2 Å². The third kappa shape index (κ3) is 3.97. The fourth-order valence-corrected chi connectivity index (χ4v) is 3.75. The number of pyridine rings is 1. The Hall–Kier alpha value is -2.28. The maximum atomic E-state index is 12.4. The lowest BCUT2D eigenvalue weighted by molar-refractivity contribution is 0.571. The van der Waals surface area contributed by atoms with Crippen molar-refractivity contribution in [2.75, 3.05) is 6.54 Å². The highest BCUT2D eigenvalue weighted by Crippen LogP contribution is 2.18. The van der Waals surface area contributed by atoms with Crippen LogP contribution < -0.4 is 10.5 Å². The van der Waals surface area contributed by atoms with Gasteiger partial charge in [-0.15, -0.1) is 0 Å². The van der Waals surface area contributed by atoms with Gasteiger partial charge in [0.25, 0.3) is 0 Å². The zero-order chi connectivity index (χ0) is 17.0. The summed E-state index contributed by atoms with van der Waals surface area (Å²) in [7, 11) is -3.50. The minimum absolute atomic E-state index is 0.122. The Kier molecular flexibility index (Phi) is 4.89. The standard InChI is InChI=1S/C18H19N3O2S/c19-17(14-6-2-1-3-7-14)12-21-24(22,23)13-16-9-4-8-15-10-5-11-20-18(15)16/h1-11,17,21H,12-13,19H2/t17-/m1/s1. The van der Waals surface area contributed by atoms with Crippen molar-refractivity contribution in [3.8, 4) is 0 Å². The van der Waals surface area contributed by atoms with Crippen molar-refractivity contribution in [3.63, 3.8) is 0 Å². The third-order valence-corrected chi connectivity index (χ3v) is 5.11. The molecule has 0 unspecified atom stereocenters. The zero-order valence-corrected chi connectivity index (χ0v) is 13.9. The molecule has 0 radical (unpaired) electrons. The van der Waals surface area contributed by atoms with E-state index in [0.717, 1.165) is 10.9 Å². The Morgan fingerprint density at radius 2 is 1.75 bits per heavy atom. The summed E-state index contributed by atoms with van der Waals surface area (Å²) < 4.78 is 27.4. The van der Waals surface area contributed by atoms with E-state index in [1.165, 1.54) is 0 Å².